The molecule has 1 saturated heterocycles. The summed E-state index contributed by atoms with van der Waals surface area (Å²) in [5.41, 5.74) is 4.20. The standard InChI is InChI=1S/C28H37ClN8O/c1-17(2)7-6-12-30-20-9-8-19(21-15-22(29)35-36(21)5)33-24(20)18-10-13-37(14-11-18)26-23-25(31-16-32-26)34-27(38)28(23,3)4/h8-9,15-18,30H,6-7,10-14H2,1-5H3,(H,31,32,34,38). The van der Waals surface area contributed by atoms with Gasteiger partial charge in [-0.1, -0.05) is 25.4 Å². The van der Waals surface area contributed by atoms with Gasteiger partial charge in [0.2, 0.25) is 5.91 Å². The van der Waals surface area contributed by atoms with Crippen LogP contribution in [0.3, 0.4) is 0 Å². The Bertz CT molecular complexity index is 1330. The second kappa shape index (κ2) is 10.5. The maximum absolute atomic E-state index is 12.6. The number of hydrogen-bond acceptors (Lipinski definition) is 7. The van der Waals surface area contributed by atoms with Crippen molar-refractivity contribution in [1.82, 2.24) is 24.7 Å². The van der Waals surface area contributed by atoms with E-state index in [0.717, 1.165) is 73.0 Å². The molecule has 5 heterocycles. The molecular formula is C28H37ClN8O. The van der Waals surface area contributed by atoms with Crippen LogP contribution in [0, 0.1) is 5.92 Å². The maximum atomic E-state index is 12.6. The van der Waals surface area contributed by atoms with E-state index in [1.165, 1.54) is 6.42 Å². The minimum Gasteiger partial charge on any atom is -0.384 e. The van der Waals surface area contributed by atoms with Crippen molar-refractivity contribution in [2.45, 2.75) is 64.7 Å². The number of aromatic nitrogens is 5. The molecule has 2 N–H and O–H groups in total. The number of piperidine rings is 1. The number of rotatable bonds is 8. The monoisotopic (exact) mass is 536 g/mol. The Morgan fingerprint density at radius 1 is 1.21 bits per heavy atom. The largest absolute Gasteiger partial charge is 0.384 e. The van der Waals surface area contributed by atoms with Gasteiger partial charge in [0.15, 0.2) is 5.15 Å². The molecule has 202 valence electrons. The van der Waals surface area contributed by atoms with E-state index >= 15 is 0 Å². The number of nitrogens with one attached hydrogen (secondary N) is 2. The molecule has 2 aliphatic rings. The van der Waals surface area contributed by atoms with Crippen LogP contribution < -0.4 is 15.5 Å². The molecule has 3 aromatic heterocycles. The van der Waals surface area contributed by atoms with Crippen molar-refractivity contribution in [3.63, 3.8) is 0 Å². The first kappa shape index (κ1) is 26.4. The molecular weight excluding hydrogens is 500 g/mol. The molecule has 0 radical (unpaired) electrons. The average molecular weight is 537 g/mol. The molecule has 2 aliphatic heterocycles. The van der Waals surface area contributed by atoms with Crippen molar-refractivity contribution >= 4 is 34.8 Å². The third kappa shape index (κ3) is 5.08. The number of nitrogens with zero attached hydrogens (tertiary/aromatic N) is 6. The highest BCUT2D eigenvalue weighted by Gasteiger charge is 2.43. The van der Waals surface area contributed by atoms with Gasteiger partial charge in [0.05, 0.1) is 33.7 Å². The number of hydrogen-bond donors (Lipinski definition) is 2. The molecule has 0 aliphatic carbocycles. The van der Waals surface area contributed by atoms with Crippen LogP contribution in [0.4, 0.5) is 17.3 Å². The fourth-order valence-electron chi connectivity index (χ4n) is 5.51. The summed E-state index contributed by atoms with van der Waals surface area (Å²) >= 11 is 6.18. The van der Waals surface area contributed by atoms with Gasteiger partial charge in [0.1, 0.15) is 18.0 Å². The lowest BCUT2D eigenvalue weighted by Gasteiger charge is -2.35. The molecule has 10 heteroatoms. The number of fused-ring (bicyclic) bond motifs is 1. The number of aryl methyl sites for hydroxylation is 1. The van der Waals surface area contributed by atoms with Gasteiger partial charge in [-0.15, -0.1) is 0 Å². The molecule has 0 saturated carbocycles. The van der Waals surface area contributed by atoms with Crippen LogP contribution in [0.2, 0.25) is 5.15 Å². The van der Waals surface area contributed by atoms with Gasteiger partial charge in [-0.2, -0.15) is 5.10 Å². The van der Waals surface area contributed by atoms with E-state index in [0.29, 0.717) is 22.8 Å². The Morgan fingerprint density at radius 3 is 2.66 bits per heavy atom. The maximum Gasteiger partial charge on any atom is 0.235 e. The SMILES string of the molecule is CC(C)CCCNc1ccc(-c2cc(Cl)nn2C)nc1C1CCN(c2ncnc3c2C(C)(C)C(=O)N3)CC1. The summed E-state index contributed by atoms with van der Waals surface area (Å²) in [6, 6.07) is 6.06. The summed E-state index contributed by atoms with van der Waals surface area (Å²) in [4.78, 5) is 29.0. The van der Waals surface area contributed by atoms with Crippen molar-refractivity contribution < 1.29 is 4.79 Å². The zero-order valence-corrected chi connectivity index (χ0v) is 23.6. The third-order valence-electron chi connectivity index (χ3n) is 7.74. The van der Waals surface area contributed by atoms with Gasteiger partial charge in [-0.3, -0.25) is 9.48 Å². The highest BCUT2D eigenvalue weighted by atomic mass is 35.5. The van der Waals surface area contributed by atoms with E-state index in [-0.39, 0.29) is 5.91 Å². The Labute approximate surface area is 229 Å². The van der Waals surface area contributed by atoms with Crippen molar-refractivity contribution in [2.24, 2.45) is 13.0 Å². The molecule has 0 bridgehead atoms. The number of anilines is 3. The van der Waals surface area contributed by atoms with Crippen LogP contribution in [-0.2, 0) is 17.3 Å². The fraction of sp³-hybridized carbons (Fsp3) is 0.536. The summed E-state index contributed by atoms with van der Waals surface area (Å²) in [7, 11) is 1.89. The van der Waals surface area contributed by atoms with Gasteiger partial charge in [0, 0.05) is 38.7 Å². The predicted molar refractivity (Wildman–Crippen MR) is 152 cm³/mol. The topological polar surface area (TPSA) is 101 Å². The predicted octanol–water partition coefficient (Wildman–Crippen LogP) is 5.39. The van der Waals surface area contributed by atoms with Crippen molar-refractivity contribution in [3.05, 3.63) is 40.9 Å². The smallest absolute Gasteiger partial charge is 0.235 e. The molecule has 0 aromatic carbocycles. The second-order valence-corrected chi connectivity index (χ2v) is 11.7. The lowest BCUT2D eigenvalue weighted by atomic mass is 9.86. The summed E-state index contributed by atoms with van der Waals surface area (Å²) in [6.45, 7) is 11.0. The Kier molecular flexibility index (Phi) is 7.31. The van der Waals surface area contributed by atoms with Crippen LogP contribution >= 0.6 is 11.6 Å². The third-order valence-corrected chi connectivity index (χ3v) is 7.93. The molecule has 1 amide bonds. The van der Waals surface area contributed by atoms with Gasteiger partial charge in [-0.05, 0) is 57.6 Å². The lowest BCUT2D eigenvalue weighted by molar-refractivity contribution is -0.119. The Morgan fingerprint density at radius 2 is 1.97 bits per heavy atom. The zero-order chi connectivity index (χ0) is 27.0. The first-order valence-corrected chi connectivity index (χ1v) is 13.9. The highest BCUT2D eigenvalue weighted by Crippen LogP contribution is 2.43. The lowest BCUT2D eigenvalue weighted by Crippen LogP contribution is -2.36. The van der Waals surface area contributed by atoms with Gasteiger partial charge in [-0.25, -0.2) is 15.0 Å². The molecule has 5 rings (SSSR count). The van der Waals surface area contributed by atoms with Gasteiger partial charge in [0.25, 0.3) is 0 Å². The molecule has 9 nitrogen and oxygen atoms in total. The number of amides is 1. The number of carbonyl (C=O) groups excluding carboxylic acids is 1. The first-order valence-electron chi connectivity index (χ1n) is 13.5. The number of halogens is 1. The van der Waals surface area contributed by atoms with Crippen molar-refractivity contribution in [3.8, 4) is 11.4 Å². The van der Waals surface area contributed by atoms with Crippen LogP contribution in [0.1, 0.15) is 70.6 Å². The van der Waals surface area contributed by atoms with E-state index in [2.05, 4.69) is 50.5 Å². The summed E-state index contributed by atoms with van der Waals surface area (Å²) in [5.74, 6) is 2.44. The highest BCUT2D eigenvalue weighted by molar-refractivity contribution is 6.29. The molecule has 0 unspecified atom stereocenters. The van der Waals surface area contributed by atoms with E-state index < -0.39 is 5.41 Å². The van der Waals surface area contributed by atoms with Crippen molar-refractivity contribution in [1.29, 1.82) is 0 Å². The van der Waals surface area contributed by atoms with Gasteiger partial charge < -0.3 is 15.5 Å². The summed E-state index contributed by atoms with van der Waals surface area (Å²) < 4.78 is 1.78. The Hall–Kier alpha value is -3.20. The summed E-state index contributed by atoms with van der Waals surface area (Å²) in [6.07, 6.45) is 5.73. The van der Waals surface area contributed by atoms with Crippen LogP contribution in [0.5, 0.6) is 0 Å². The molecule has 0 atom stereocenters. The van der Waals surface area contributed by atoms with Crippen LogP contribution in [-0.4, -0.2) is 50.3 Å². The second-order valence-electron chi connectivity index (χ2n) is 11.3. The quantitative estimate of drug-likeness (QED) is 0.372. The minimum atomic E-state index is -0.657. The average Bonchev–Trinajstić information content (AvgIpc) is 3.35. The molecule has 3 aromatic rings. The zero-order valence-electron chi connectivity index (χ0n) is 22.9. The van der Waals surface area contributed by atoms with Gasteiger partial charge >= 0.3 is 0 Å². The summed E-state index contributed by atoms with van der Waals surface area (Å²) in [5, 5.41) is 11.3. The van der Waals surface area contributed by atoms with E-state index in [9.17, 15) is 4.79 Å². The van der Waals surface area contributed by atoms with E-state index in [1.54, 1.807) is 11.0 Å². The Balaban J connectivity index is 1.39. The minimum absolute atomic E-state index is 0.0337. The molecule has 38 heavy (non-hydrogen) atoms. The van der Waals surface area contributed by atoms with E-state index in [4.69, 9.17) is 16.6 Å². The van der Waals surface area contributed by atoms with Crippen LogP contribution in [0.15, 0.2) is 24.5 Å². The van der Waals surface area contributed by atoms with E-state index in [1.807, 2.05) is 33.0 Å². The van der Waals surface area contributed by atoms with Crippen molar-refractivity contribution in [2.75, 3.05) is 35.2 Å². The number of pyridine rings is 1. The first-order chi connectivity index (χ1) is 18.1. The normalized spacial score (nSPS) is 17.1. The number of carbonyl (C=O) groups is 1. The molecule has 0 spiro atoms. The van der Waals surface area contributed by atoms with Crippen LogP contribution in [0.25, 0.3) is 11.4 Å². The fourth-order valence-corrected chi connectivity index (χ4v) is 5.73. The molecule has 1 fully saturated rings.